The highest BCUT2D eigenvalue weighted by Gasteiger charge is 2.40. The van der Waals surface area contributed by atoms with Crippen molar-refractivity contribution in [1.29, 1.82) is 0 Å². The van der Waals surface area contributed by atoms with Crippen molar-refractivity contribution in [3.63, 3.8) is 0 Å². The first kappa shape index (κ1) is 21.8. The number of aromatic nitrogens is 1. The topological polar surface area (TPSA) is 106 Å². The molecule has 7 nitrogen and oxygen atoms in total. The van der Waals surface area contributed by atoms with Crippen LogP contribution in [0.1, 0.15) is 23.0 Å². The summed E-state index contributed by atoms with van der Waals surface area (Å²) in [6.45, 7) is 5.08. The number of carboxylic acid groups (broad SMARTS) is 1. The van der Waals surface area contributed by atoms with Gasteiger partial charge in [0.25, 0.3) is 0 Å². The number of aliphatic hydroxyl groups is 3. The van der Waals surface area contributed by atoms with Crippen LogP contribution in [-0.4, -0.2) is 64.9 Å². The van der Waals surface area contributed by atoms with Gasteiger partial charge in [-0.15, -0.1) is 0 Å². The van der Waals surface area contributed by atoms with Crippen LogP contribution in [0.4, 0.5) is 0 Å². The molecule has 28 heavy (non-hydrogen) atoms. The number of quaternary nitrogens is 1. The van der Waals surface area contributed by atoms with Crippen molar-refractivity contribution < 1.29 is 25.2 Å². The van der Waals surface area contributed by atoms with Gasteiger partial charge in [0.2, 0.25) is 0 Å². The van der Waals surface area contributed by atoms with E-state index in [0.29, 0.717) is 5.69 Å². The number of benzene rings is 1. The number of carboxylic acids is 1. The lowest BCUT2D eigenvalue weighted by Gasteiger charge is -2.44. The van der Waals surface area contributed by atoms with Gasteiger partial charge < -0.3 is 25.2 Å². The molecule has 0 aliphatic rings. The van der Waals surface area contributed by atoms with E-state index in [1.807, 2.05) is 31.2 Å². The molecule has 1 atom stereocenters. The minimum absolute atomic E-state index is 0.0762. The number of hydrogen-bond acceptors (Lipinski definition) is 5. The zero-order chi connectivity index (χ0) is 20.7. The van der Waals surface area contributed by atoms with Gasteiger partial charge in [0.1, 0.15) is 31.1 Å². The van der Waals surface area contributed by atoms with E-state index >= 15 is 0 Å². The highest BCUT2D eigenvalue weighted by atomic mass is 16.4. The summed E-state index contributed by atoms with van der Waals surface area (Å²) in [5.74, 6) is -1.38. The van der Waals surface area contributed by atoms with Crippen LogP contribution in [0.25, 0.3) is 11.3 Å². The van der Waals surface area contributed by atoms with Crippen molar-refractivity contribution in [2.24, 2.45) is 0 Å². The second kappa shape index (κ2) is 9.66. The highest BCUT2D eigenvalue weighted by molar-refractivity contribution is 5.86. The summed E-state index contributed by atoms with van der Waals surface area (Å²) < 4.78 is 1.31. The third kappa shape index (κ3) is 4.02. The first-order chi connectivity index (χ1) is 13.5. The Bertz CT molecular complexity index is 792. The molecule has 7 heteroatoms. The fraction of sp³-hybridized carbons (Fsp3) is 0.381. The molecule has 1 unspecified atom stereocenters. The number of hydrogen-bond donors (Lipinski definition) is 3. The van der Waals surface area contributed by atoms with Crippen LogP contribution in [0.15, 0.2) is 49.1 Å². The Morgan fingerprint density at radius 2 is 1.75 bits per heavy atom. The minimum atomic E-state index is -1.38. The normalized spacial score (nSPS) is 12.7. The molecule has 0 amide bonds. The van der Waals surface area contributed by atoms with Crippen molar-refractivity contribution >= 4 is 5.97 Å². The number of carbonyl (C=O) groups is 1. The van der Waals surface area contributed by atoms with Gasteiger partial charge in [-0.1, -0.05) is 37.8 Å². The zero-order valence-corrected chi connectivity index (χ0v) is 16.1. The van der Waals surface area contributed by atoms with Gasteiger partial charge in [0.05, 0.1) is 19.2 Å². The molecule has 1 heterocycles. The van der Waals surface area contributed by atoms with E-state index in [9.17, 15) is 25.2 Å². The lowest BCUT2D eigenvalue weighted by atomic mass is 10.1. The van der Waals surface area contributed by atoms with Crippen LogP contribution in [0, 0.1) is 0 Å². The Labute approximate surface area is 165 Å². The largest absolute Gasteiger partial charge is 0.543 e. The quantitative estimate of drug-likeness (QED) is 0.373. The van der Waals surface area contributed by atoms with Crippen molar-refractivity contribution in [2.45, 2.75) is 19.4 Å². The van der Waals surface area contributed by atoms with Crippen LogP contribution in [-0.2, 0) is 6.42 Å². The summed E-state index contributed by atoms with van der Waals surface area (Å²) in [6.07, 6.45) is 2.39. The number of rotatable bonds is 11. The molecule has 0 radical (unpaired) electrons. The van der Waals surface area contributed by atoms with E-state index in [1.54, 1.807) is 6.07 Å². The van der Waals surface area contributed by atoms with Gasteiger partial charge in [0, 0.05) is 5.56 Å². The van der Waals surface area contributed by atoms with Crippen molar-refractivity contribution in [2.75, 3.05) is 32.9 Å². The average molecular weight is 388 g/mol. The van der Waals surface area contributed by atoms with Gasteiger partial charge in [-0.2, -0.15) is 4.68 Å². The Balaban J connectivity index is 2.80. The number of carbonyl (C=O) groups excluding carboxylic acids is 1. The van der Waals surface area contributed by atoms with Gasteiger partial charge in [0.15, 0.2) is 6.04 Å². The first-order valence-electron chi connectivity index (χ1n) is 9.34. The monoisotopic (exact) mass is 388 g/mol. The maximum absolute atomic E-state index is 11.9. The predicted molar refractivity (Wildman–Crippen MR) is 106 cm³/mol. The smallest absolute Gasteiger partial charge is 0.154 e. The second-order valence-corrected chi connectivity index (χ2v) is 6.62. The fourth-order valence-corrected chi connectivity index (χ4v) is 3.70. The molecule has 0 saturated heterocycles. The highest BCUT2D eigenvalue weighted by Crippen LogP contribution is 2.28. The fourth-order valence-electron chi connectivity index (χ4n) is 3.70. The van der Waals surface area contributed by atoms with Crippen LogP contribution in [0.5, 0.6) is 0 Å². The molecule has 0 bridgehead atoms. The molecular weight excluding hydrogens is 360 g/mol. The van der Waals surface area contributed by atoms with E-state index in [2.05, 4.69) is 6.58 Å². The Kier molecular flexibility index (Phi) is 7.53. The maximum Gasteiger partial charge on any atom is 0.154 e. The van der Waals surface area contributed by atoms with Gasteiger partial charge >= 0.3 is 0 Å². The minimum Gasteiger partial charge on any atom is -0.543 e. The molecule has 2 aromatic rings. The summed E-state index contributed by atoms with van der Waals surface area (Å²) >= 11 is 0. The van der Waals surface area contributed by atoms with Crippen LogP contribution in [0.2, 0.25) is 0 Å². The second-order valence-electron chi connectivity index (χ2n) is 6.62. The Morgan fingerprint density at radius 1 is 1.14 bits per heavy atom. The number of aliphatic hydroxyl groups excluding tert-OH is 3. The van der Waals surface area contributed by atoms with E-state index < -0.39 is 12.0 Å². The van der Waals surface area contributed by atoms with Crippen LogP contribution in [0.3, 0.4) is 0 Å². The Morgan fingerprint density at radius 3 is 2.18 bits per heavy atom. The molecule has 1 aromatic carbocycles. The summed E-state index contributed by atoms with van der Waals surface area (Å²) in [7, 11) is 0. The number of aryl methyl sites for hydroxylation is 1. The standard InChI is InChI=1S/C21H28N2O5/c1-3-16-5-7-17(8-6-16)19-9-10-20(21(27)28)22(19)23(11-13-24,12-14-25)18(4-2)15-26/h4-10,18,24-26H,2-3,11-15H2,1H3. The van der Waals surface area contributed by atoms with Gasteiger partial charge in [-0.25, -0.2) is 4.59 Å². The molecule has 0 aliphatic heterocycles. The van der Waals surface area contributed by atoms with Crippen molar-refractivity contribution in [3.05, 3.63) is 60.3 Å². The van der Waals surface area contributed by atoms with E-state index in [0.717, 1.165) is 17.5 Å². The number of aromatic carboxylic acids is 1. The van der Waals surface area contributed by atoms with Crippen LogP contribution >= 0.6 is 0 Å². The molecule has 0 saturated carbocycles. The summed E-state index contributed by atoms with van der Waals surface area (Å²) in [5, 5.41) is 41.3. The third-order valence-corrected chi connectivity index (χ3v) is 5.17. The van der Waals surface area contributed by atoms with E-state index in [-0.39, 0.29) is 43.2 Å². The Hall–Kier alpha value is -2.45. The van der Waals surface area contributed by atoms with Gasteiger partial charge in [-0.3, -0.25) is 0 Å². The average Bonchev–Trinajstić information content (AvgIpc) is 3.15. The molecular formula is C21H28N2O5. The summed E-state index contributed by atoms with van der Waals surface area (Å²) in [5.41, 5.74) is 2.41. The SMILES string of the molecule is C=CC(CO)[N+](CCO)(CCO)n1c(C(=O)[O-])ccc1-c1ccc(CC)cc1. The summed E-state index contributed by atoms with van der Waals surface area (Å²) in [4.78, 5) is 11.9. The van der Waals surface area contributed by atoms with Crippen molar-refractivity contribution in [3.8, 4) is 11.3 Å². The maximum atomic E-state index is 11.9. The lowest BCUT2D eigenvalue weighted by Crippen LogP contribution is -2.68. The molecule has 1 aromatic heterocycles. The van der Waals surface area contributed by atoms with Crippen molar-refractivity contribution in [1.82, 2.24) is 9.27 Å². The molecule has 152 valence electrons. The number of nitrogens with zero attached hydrogens (tertiary/aromatic N) is 2. The zero-order valence-electron chi connectivity index (χ0n) is 16.1. The van der Waals surface area contributed by atoms with Gasteiger partial charge in [-0.05, 0) is 30.2 Å². The lowest BCUT2D eigenvalue weighted by molar-refractivity contribution is -0.256. The predicted octanol–water partition coefficient (Wildman–Crippen LogP) is 0.0514. The van der Waals surface area contributed by atoms with E-state index in [1.165, 1.54) is 16.8 Å². The molecule has 0 aliphatic carbocycles. The summed E-state index contributed by atoms with van der Waals surface area (Å²) in [6, 6.07) is 10.2. The van der Waals surface area contributed by atoms with E-state index in [4.69, 9.17) is 0 Å². The molecule has 0 fully saturated rings. The molecule has 0 spiro atoms. The molecule has 2 rings (SSSR count). The first-order valence-corrected chi connectivity index (χ1v) is 9.34. The third-order valence-electron chi connectivity index (χ3n) is 5.17. The van der Waals surface area contributed by atoms with Crippen LogP contribution < -0.4 is 9.70 Å². The molecule has 3 N–H and O–H groups in total.